The molecule has 0 aliphatic carbocycles. The second-order valence-electron chi connectivity index (χ2n) is 4.47. The Bertz CT molecular complexity index is 185. The molecular formula is C11H22N2. The first-order valence-electron chi connectivity index (χ1n) is 4.74. The van der Waals surface area contributed by atoms with Crippen LogP contribution in [-0.2, 0) is 0 Å². The summed E-state index contributed by atoms with van der Waals surface area (Å²) in [5.74, 6) is 0. The molecule has 0 radical (unpaired) electrons. The van der Waals surface area contributed by atoms with Gasteiger partial charge in [-0.05, 0) is 12.8 Å². The van der Waals surface area contributed by atoms with Gasteiger partial charge >= 0.3 is 0 Å². The lowest BCUT2D eigenvalue weighted by atomic mass is 9.87. The summed E-state index contributed by atoms with van der Waals surface area (Å²) in [4.78, 5) is 0. The maximum Gasteiger partial charge on any atom is 0.0436 e. The average molecular weight is 182 g/mol. The molecule has 0 aliphatic heterocycles. The lowest BCUT2D eigenvalue weighted by molar-refractivity contribution is 0.421. The van der Waals surface area contributed by atoms with E-state index in [1.807, 2.05) is 25.2 Å². The normalized spacial score (nSPS) is 12.8. The van der Waals surface area contributed by atoms with Gasteiger partial charge in [-0.3, -0.25) is 0 Å². The zero-order valence-electron chi connectivity index (χ0n) is 9.59. The zero-order valence-corrected chi connectivity index (χ0v) is 9.59. The third-order valence-corrected chi connectivity index (χ3v) is 1.77. The number of nitrogens with zero attached hydrogens (tertiary/aromatic N) is 2. The summed E-state index contributed by atoms with van der Waals surface area (Å²) in [6.07, 6.45) is 3.95. The highest BCUT2D eigenvalue weighted by molar-refractivity contribution is 5.89. The van der Waals surface area contributed by atoms with Crippen molar-refractivity contribution < 1.29 is 0 Å². The highest BCUT2D eigenvalue weighted by atomic mass is 15.4. The molecule has 0 aromatic rings. The Kier molecular flexibility index (Phi) is 4.74. The molecule has 0 saturated carbocycles. The summed E-state index contributed by atoms with van der Waals surface area (Å²) in [5, 5.41) is 6.35. The van der Waals surface area contributed by atoms with Crippen LogP contribution in [0.3, 0.4) is 0 Å². The molecule has 0 aromatic carbocycles. The fourth-order valence-electron chi connectivity index (χ4n) is 1.06. The van der Waals surface area contributed by atoms with Crippen LogP contribution < -0.4 is 0 Å². The van der Waals surface area contributed by atoms with E-state index in [-0.39, 0.29) is 5.41 Å². The summed E-state index contributed by atoms with van der Waals surface area (Å²) >= 11 is 0. The molecule has 0 rings (SSSR count). The molecule has 0 bridgehead atoms. The minimum absolute atomic E-state index is 0.160. The smallest absolute Gasteiger partial charge is 0.0436 e. The number of hydrogen-bond acceptors (Lipinski definition) is 2. The lowest BCUT2D eigenvalue weighted by Crippen LogP contribution is -2.23. The quantitative estimate of drug-likeness (QED) is 0.371. The van der Waals surface area contributed by atoms with Crippen LogP contribution in [0.15, 0.2) is 17.8 Å². The summed E-state index contributed by atoms with van der Waals surface area (Å²) < 4.78 is 0. The molecular weight excluding hydrogens is 160 g/mol. The zero-order chi connectivity index (χ0) is 10.5. The predicted octanol–water partition coefficient (Wildman–Crippen LogP) is 2.92. The summed E-state index contributed by atoms with van der Waals surface area (Å²) in [6, 6.07) is 0. The molecule has 0 fully saturated rings. The van der Waals surface area contributed by atoms with Gasteiger partial charge in [-0.25, -0.2) is 0 Å². The number of rotatable bonds is 4. The van der Waals surface area contributed by atoms with Crippen LogP contribution >= 0.6 is 0 Å². The largest absolute Gasteiger partial charge is 0.303 e. The lowest BCUT2D eigenvalue weighted by Gasteiger charge is -2.22. The Hall–Kier alpha value is -0.790. The van der Waals surface area contributed by atoms with Gasteiger partial charge in [0.2, 0.25) is 0 Å². The van der Waals surface area contributed by atoms with Gasteiger partial charge in [-0.2, -0.15) is 5.10 Å². The molecule has 2 heteroatoms. The Morgan fingerprint density at radius 1 is 1.38 bits per heavy atom. The van der Waals surface area contributed by atoms with E-state index in [1.165, 1.54) is 5.71 Å². The molecule has 0 atom stereocenters. The Morgan fingerprint density at radius 3 is 2.23 bits per heavy atom. The van der Waals surface area contributed by atoms with Crippen molar-refractivity contribution in [3.8, 4) is 0 Å². The van der Waals surface area contributed by atoms with Gasteiger partial charge in [0.25, 0.3) is 0 Å². The van der Waals surface area contributed by atoms with E-state index in [1.54, 1.807) is 0 Å². The predicted molar refractivity (Wildman–Crippen MR) is 60.0 cm³/mol. The average Bonchev–Trinajstić information content (AvgIpc) is 1.95. The highest BCUT2D eigenvalue weighted by Crippen LogP contribution is 2.20. The number of hydrogen-bond donors (Lipinski definition) is 0. The minimum Gasteiger partial charge on any atom is -0.303 e. The van der Waals surface area contributed by atoms with E-state index in [4.69, 9.17) is 0 Å². The van der Waals surface area contributed by atoms with Crippen LogP contribution in [0.25, 0.3) is 0 Å². The molecule has 76 valence electrons. The third kappa shape index (κ3) is 5.45. The van der Waals surface area contributed by atoms with Crippen molar-refractivity contribution in [1.82, 2.24) is 5.01 Å². The van der Waals surface area contributed by atoms with Crippen molar-refractivity contribution in [3.05, 3.63) is 12.7 Å². The molecule has 0 saturated heterocycles. The van der Waals surface area contributed by atoms with Crippen LogP contribution in [0, 0.1) is 5.41 Å². The van der Waals surface area contributed by atoms with E-state index in [0.29, 0.717) is 0 Å². The molecule has 13 heavy (non-hydrogen) atoms. The van der Waals surface area contributed by atoms with Gasteiger partial charge in [0.15, 0.2) is 0 Å². The van der Waals surface area contributed by atoms with E-state index in [2.05, 4.69) is 32.5 Å². The van der Waals surface area contributed by atoms with Crippen molar-refractivity contribution >= 4 is 5.71 Å². The summed E-state index contributed by atoms with van der Waals surface area (Å²) in [5.41, 5.74) is 1.39. The molecule has 0 amide bonds. The molecule has 0 unspecified atom stereocenters. The first-order valence-corrected chi connectivity index (χ1v) is 4.74. The maximum absolute atomic E-state index is 4.49. The highest BCUT2D eigenvalue weighted by Gasteiger charge is 2.18. The number of allylic oxidation sites excluding steroid dienone is 1. The Balaban J connectivity index is 4.46. The van der Waals surface area contributed by atoms with Crippen LogP contribution in [0.1, 0.15) is 33.6 Å². The number of hydrazone groups is 1. The molecule has 0 aliphatic rings. The molecule has 0 spiro atoms. The fourth-order valence-corrected chi connectivity index (χ4v) is 1.06. The Morgan fingerprint density at radius 2 is 1.92 bits per heavy atom. The molecule has 0 N–H and O–H groups in total. The van der Waals surface area contributed by atoms with Gasteiger partial charge in [-0.1, -0.05) is 26.8 Å². The van der Waals surface area contributed by atoms with Crippen molar-refractivity contribution in [2.45, 2.75) is 33.6 Å². The van der Waals surface area contributed by atoms with E-state index < -0.39 is 0 Å². The van der Waals surface area contributed by atoms with Crippen molar-refractivity contribution in [1.29, 1.82) is 0 Å². The molecule has 2 nitrogen and oxygen atoms in total. The summed E-state index contributed by atoms with van der Waals surface area (Å²) in [6.45, 7) is 10.3. The SMILES string of the molecule is C=CCC/C(=N/N(C)C)C(C)(C)C. The third-order valence-electron chi connectivity index (χ3n) is 1.77. The first kappa shape index (κ1) is 12.2. The van der Waals surface area contributed by atoms with Gasteiger partial charge in [0.05, 0.1) is 0 Å². The summed E-state index contributed by atoms with van der Waals surface area (Å²) in [7, 11) is 3.92. The van der Waals surface area contributed by atoms with Crippen LogP contribution in [0.5, 0.6) is 0 Å². The van der Waals surface area contributed by atoms with Crippen molar-refractivity contribution in [3.63, 3.8) is 0 Å². The van der Waals surface area contributed by atoms with Crippen molar-refractivity contribution in [2.24, 2.45) is 10.5 Å². The molecule has 0 heterocycles. The van der Waals surface area contributed by atoms with Gasteiger partial charge in [0.1, 0.15) is 0 Å². The van der Waals surface area contributed by atoms with E-state index >= 15 is 0 Å². The second kappa shape index (κ2) is 5.05. The van der Waals surface area contributed by atoms with Gasteiger partial charge in [0, 0.05) is 25.2 Å². The minimum atomic E-state index is 0.160. The maximum atomic E-state index is 4.49. The van der Waals surface area contributed by atoms with Gasteiger partial charge < -0.3 is 5.01 Å². The van der Waals surface area contributed by atoms with Crippen LogP contribution in [0.2, 0.25) is 0 Å². The topological polar surface area (TPSA) is 15.6 Å². The van der Waals surface area contributed by atoms with Gasteiger partial charge in [-0.15, -0.1) is 6.58 Å². The van der Waals surface area contributed by atoms with Crippen LogP contribution in [0.4, 0.5) is 0 Å². The fraction of sp³-hybridized carbons (Fsp3) is 0.727. The monoisotopic (exact) mass is 182 g/mol. The molecule has 0 aromatic heterocycles. The van der Waals surface area contributed by atoms with E-state index in [0.717, 1.165) is 12.8 Å². The van der Waals surface area contributed by atoms with E-state index in [9.17, 15) is 0 Å². The standard InChI is InChI=1S/C11H22N2/c1-7-8-9-10(11(2,3)4)12-13(5)6/h7H,1,8-9H2,2-6H3/b12-10-. The second-order valence-corrected chi connectivity index (χ2v) is 4.47. The van der Waals surface area contributed by atoms with Crippen LogP contribution in [-0.4, -0.2) is 24.8 Å². The Labute approximate surface area is 82.3 Å². The van der Waals surface area contributed by atoms with Crippen molar-refractivity contribution in [2.75, 3.05) is 14.1 Å². The first-order chi connectivity index (χ1) is 5.88.